The van der Waals surface area contributed by atoms with Crippen LogP contribution in [-0.2, 0) is 11.2 Å². The molecule has 104 valence electrons. The predicted molar refractivity (Wildman–Crippen MR) is 75.3 cm³/mol. The molecule has 1 aromatic rings. The van der Waals surface area contributed by atoms with Crippen molar-refractivity contribution in [3.63, 3.8) is 0 Å². The fourth-order valence-electron chi connectivity index (χ4n) is 2.36. The zero-order valence-electron chi connectivity index (χ0n) is 11.6. The van der Waals surface area contributed by atoms with Gasteiger partial charge >= 0.3 is 0 Å². The average molecular weight is 262 g/mol. The molecule has 1 fully saturated rings. The van der Waals surface area contributed by atoms with Crippen LogP contribution in [0.1, 0.15) is 25.3 Å². The van der Waals surface area contributed by atoms with Crippen LogP contribution in [0.15, 0.2) is 24.3 Å². The van der Waals surface area contributed by atoms with Crippen LogP contribution in [0.2, 0.25) is 0 Å². The number of hydrogen-bond acceptors (Lipinski definition) is 3. The summed E-state index contributed by atoms with van der Waals surface area (Å²) in [6, 6.07) is 8.85. The predicted octanol–water partition coefficient (Wildman–Crippen LogP) is 1.49. The third kappa shape index (κ3) is 4.24. The second-order valence-electron chi connectivity index (χ2n) is 5.16. The van der Waals surface area contributed by atoms with Gasteiger partial charge in [0.05, 0.1) is 7.11 Å². The van der Waals surface area contributed by atoms with Crippen LogP contribution < -0.4 is 15.4 Å². The van der Waals surface area contributed by atoms with Crippen molar-refractivity contribution in [1.82, 2.24) is 10.6 Å². The van der Waals surface area contributed by atoms with Gasteiger partial charge in [0.1, 0.15) is 5.75 Å². The van der Waals surface area contributed by atoms with Gasteiger partial charge in [0, 0.05) is 25.0 Å². The van der Waals surface area contributed by atoms with E-state index in [-0.39, 0.29) is 5.91 Å². The fraction of sp³-hybridized carbons (Fsp3) is 0.533. The molecule has 0 spiro atoms. The summed E-state index contributed by atoms with van der Waals surface area (Å²) in [5.74, 6) is 1.06. The number of nitrogens with one attached hydrogen (secondary N) is 2. The van der Waals surface area contributed by atoms with Crippen LogP contribution >= 0.6 is 0 Å². The lowest BCUT2D eigenvalue weighted by atomic mass is 10.1. The van der Waals surface area contributed by atoms with Crippen LogP contribution in [0.3, 0.4) is 0 Å². The van der Waals surface area contributed by atoms with Crippen molar-refractivity contribution in [3.05, 3.63) is 29.8 Å². The molecule has 19 heavy (non-hydrogen) atoms. The Labute approximate surface area is 114 Å². The average Bonchev–Trinajstić information content (AvgIpc) is 2.83. The van der Waals surface area contributed by atoms with Gasteiger partial charge in [0.2, 0.25) is 5.91 Å². The first-order valence-corrected chi connectivity index (χ1v) is 6.83. The van der Waals surface area contributed by atoms with E-state index in [4.69, 9.17) is 4.74 Å². The van der Waals surface area contributed by atoms with Crippen molar-refractivity contribution < 1.29 is 9.53 Å². The monoisotopic (exact) mass is 262 g/mol. The lowest BCUT2D eigenvalue weighted by Crippen LogP contribution is -2.40. The highest BCUT2D eigenvalue weighted by Crippen LogP contribution is 2.13. The summed E-state index contributed by atoms with van der Waals surface area (Å²) in [6.07, 6.45) is 2.59. The van der Waals surface area contributed by atoms with Crippen molar-refractivity contribution in [1.29, 1.82) is 0 Å². The van der Waals surface area contributed by atoms with E-state index in [0.717, 1.165) is 25.1 Å². The van der Waals surface area contributed by atoms with Gasteiger partial charge < -0.3 is 15.4 Å². The summed E-state index contributed by atoms with van der Waals surface area (Å²) in [4.78, 5) is 11.1. The van der Waals surface area contributed by atoms with Crippen LogP contribution in [0, 0.1) is 0 Å². The van der Waals surface area contributed by atoms with E-state index in [1.807, 2.05) is 12.1 Å². The molecule has 1 aliphatic rings. The summed E-state index contributed by atoms with van der Waals surface area (Å²) >= 11 is 0. The van der Waals surface area contributed by atoms with Gasteiger partial charge in [-0.2, -0.15) is 0 Å². The van der Waals surface area contributed by atoms with Gasteiger partial charge in [-0.3, -0.25) is 4.79 Å². The normalized spacial score (nSPS) is 20.1. The van der Waals surface area contributed by atoms with Gasteiger partial charge in [-0.1, -0.05) is 12.1 Å². The van der Waals surface area contributed by atoms with E-state index in [1.54, 1.807) is 7.11 Å². The minimum Gasteiger partial charge on any atom is -0.497 e. The van der Waals surface area contributed by atoms with E-state index in [9.17, 15) is 4.79 Å². The topological polar surface area (TPSA) is 50.4 Å². The van der Waals surface area contributed by atoms with Gasteiger partial charge in [-0.25, -0.2) is 0 Å². The van der Waals surface area contributed by atoms with Crippen LogP contribution in [0.5, 0.6) is 5.75 Å². The zero-order chi connectivity index (χ0) is 13.7. The molecule has 0 radical (unpaired) electrons. The zero-order valence-corrected chi connectivity index (χ0v) is 11.6. The van der Waals surface area contributed by atoms with Crippen molar-refractivity contribution in [2.45, 2.75) is 38.3 Å². The SMILES string of the molecule is COc1ccc(CC(C)NCC2CCC(=O)N2)cc1. The number of rotatable bonds is 6. The summed E-state index contributed by atoms with van der Waals surface area (Å²) in [6.45, 7) is 3.02. The molecule has 0 aromatic heterocycles. The van der Waals surface area contributed by atoms with E-state index in [2.05, 4.69) is 29.7 Å². The van der Waals surface area contributed by atoms with Gasteiger partial charge in [0.15, 0.2) is 0 Å². The largest absolute Gasteiger partial charge is 0.497 e. The second kappa shape index (κ2) is 6.57. The minimum atomic E-state index is 0.176. The molecule has 4 nitrogen and oxygen atoms in total. The third-order valence-corrected chi connectivity index (χ3v) is 3.50. The summed E-state index contributed by atoms with van der Waals surface area (Å²) < 4.78 is 5.14. The molecule has 0 aliphatic carbocycles. The lowest BCUT2D eigenvalue weighted by molar-refractivity contribution is -0.119. The Morgan fingerprint density at radius 2 is 2.16 bits per heavy atom. The molecule has 2 unspecified atom stereocenters. The number of amides is 1. The number of carbonyl (C=O) groups excluding carboxylic acids is 1. The van der Waals surface area contributed by atoms with Crippen LogP contribution in [-0.4, -0.2) is 31.6 Å². The Hall–Kier alpha value is -1.55. The standard InChI is InChI=1S/C15H22N2O2/c1-11(16-10-13-5-8-15(18)17-13)9-12-3-6-14(19-2)7-4-12/h3-4,6-7,11,13,16H,5,8-10H2,1-2H3,(H,17,18). The van der Waals surface area contributed by atoms with E-state index >= 15 is 0 Å². The highest BCUT2D eigenvalue weighted by molar-refractivity contribution is 5.78. The molecule has 2 N–H and O–H groups in total. The van der Waals surface area contributed by atoms with E-state index in [1.165, 1.54) is 5.56 Å². The van der Waals surface area contributed by atoms with Gasteiger partial charge in [0.25, 0.3) is 0 Å². The van der Waals surface area contributed by atoms with Crippen molar-refractivity contribution in [3.8, 4) is 5.75 Å². The molecule has 1 aromatic carbocycles. The van der Waals surface area contributed by atoms with Crippen LogP contribution in [0.25, 0.3) is 0 Å². The molecule has 4 heteroatoms. The summed E-state index contributed by atoms with van der Waals surface area (Å²) in [7, 11) is 1.68. The number of ether oxygens (including phenoxy) is 1. The van der Waals surface area contributed by atoms with Crippen LogP contribution in [0.4, 0.5) is 0 Å². The number of methoxy groups -OCH3 is 1. The van der Waals surface area contributed by atoms with Crippen molar-refractivity contribution in [2.75, 3.05) is 13.7 Å². The lowest BCUT2D eigenvalue weighted by Gasteiger charge is -2.17. The van der Waals surface area contributed by atoms with Crippen molar-refractivity contribution in [2.24, 2.45) is 0 Å². The maximum atomic E-state index is 11.1. The molecule has 1 heterocycles. The highest BCUT2D eigenvalue weighted by atomic mass is 16.5. The second-order valence-corrected chi connectivity index (χ2v) is 5.16. The number of benzene rings is 1. The Morgan fingerprint density at radius 3 is 2.74 bits per heavy atom. The first-order valence-electron chi connectivity index (χ1n) is 6.83. The Morgan fingerprint density at radius 1 is 1.42 bits per heavy atom. The molecule has 0 saturated carbocycles. The first-order chi connectivity index (χ1) is 9.17. The molecular formula is C15H22N2O2. The maximum absolute atomic E-state index is 11.1. The summed E-state index contributed by atoms with van der Waals surface area (Å²) in [5, 5.41) is 6.45. The highest BCUT2D eigenvalue weighted by Gasteiger charge is 2.20. The molecule has 1 amide bonds. The Kier molecular flexibility index (Phi) is 4.80. The quantitative estimate of drug-likeness (QED) is 0.816. The third-order valence-electron chi connectivity index (χ3n) is 3.50. The molecule has 2 rings (SSSR count). The Bertz CT molecular complexity index is 417. The molecule has 1 aliphatic heterocycles. The van der Waals surface area contributed by atoms with E-state index < -0.39 is 0 Å². The van der Waals surface area contributed by atoms with Crippen molar-refractivity contribution >= 4 is 5.91 Å². The minimum absolute atomic E-state index is 0.176. The molecule has 2 atom stereocenters. The first kappa shape index (κ1) is 13.9. The maximum Gasteiger partial charge on any atom is 0.220 e. The van der Waals surface area contributed by atoms with Gasteiger partial charge in [-0.15, -0.1) is 0 Å². The molecule has 1 saturated heterocycles. The summed E-state index contributed by atoms with van der Waals surface area (Å²) in [5.41, 5.74) is 1.29. The number of hydrogen-bond donors (Lipinski definition) is 2. The molecule has 0 bridgehead atoms. The van der Waals surface area contributed by atoms with E-state index in [0.29, 0.717) is 18.5 Å². The fourth-order valence-corrected chi connectivity index (χ4v) is 2.36. The van der Waals surface area contributed by atoms with Gasteiger partial charge in [-0.05, 0) is 37.5 Å². The smallest absolute Gasteiger partial charge is 0.220 e. The Balaban J connectivity index is 1.74. The number of carbonyl (C=O) groups is 1. The molecular weight excluding hydrogens is 240 g/mol.